The van der Waals surface area contributed by atoms with Crippen molar-refractivity contribution in [3.8, 4) is 0 Å². The third-order valence-corrected chi connectivity index (χ3v) is 7.88. The maximum atomic E-state index is 13.7. The number of anilines is 3. The van der Waals surface area contributed by atoms with Gasteiger partial charge < -0.3 is 10.2 Å². The van der Waals surface area contributed by atoms with Gasteiger partial charge in [0, 0.05) is 6.42 Å². The summed E-state index contributed by atoms with van der Waals surface area (Å²) in [5, 5.41) is 2.98. The molecule has 0 saturated heterocycles. The number of unbranched alkanes of at least 4 members (excludes halogenated alkanes) is 1. The van der Waals surface area contributed by atoms with Crippen LogP contribution in [0.3, 0.4) is 0 Å². The summed E-state index contributed by atoms with van der Waals surface area (Å²) >= 11 is 0. The summed E-state index contributed by atoms with van der Waals surface area (Å²) in [5.74, 6) is 1.15. The van der Waals surface area contributed by atoms with Crippen LogP contribution in [-0.2, 0) is 4.79 Å². The molecular formula is C31H43N3O2. The van der Waals surface area contributed by atoms with E-state index in [0.717, 1.165) is 24.4 Å². The molecule has 5 nitrogen and oxygen atoms in total. The Labute approximate surface area is 217 Å². The van der Waals surface area contributed by atoms with Crippen LogP contribution in [0.2, 0.25) is 0 Å². The summed E-state index contributed by atoms with van der Waals surface area (Å²) in [7, 11) is 0. The number of benzene rings is 2. The molecule has 1 aliphatic carbocycles. The highest BCUT2D eigenvalue weighted by Crippen LogP contribution is 2.40. The summed E-state index contributed by atoms with van der Waals surface area (Å²) in [6.07, 6.45) is 11.7. The highest BCUT2D eigenvalue weighted by Gasteiger charge is 2.31. The Hall–Kier alpha value is -2.66. The number of hydrogen-bond acceptors (Lipinski definition) is 3. The van der Waals surface area contributed by atoms with Crippen LogP contribution in [0.15, 0.2) is 48.5 Å². The SMILES string of the molecule is CCCN(CCC)CCCCC1CCC(CC(=O)N2c3ccccc3NC(=O)c3ccccc32)CC1. The van der Waals surface area contributed by atoms with Gasteiger partial charge in [-0.15, -0.1) is 0 Å². The first-order chi connectivity index (χ1) is 17.6. The van der Waals surface area contributed by atoms with Crippen LogP contribution in [0.1, 0.15) is 88.4 Å². The monoisotopic (exact) mass is 489 g/mol. The predicted molar refractivity (Wildman–Crippen MR) is 149 cm³/mol. The van der Waals surface area contributed by atoms with Gasteiger partial charge in [-0.1, -0.05) is 63.8 Å². The molecule has 2 aromatic rings. The van der Waals surface area contributed by atoms with E-state index in [4.69, 9.17) is 0 Å². The zero-order valence-corrected chi connectivity index (χ0v) is 22.2. The Morgan fingerprint density at radius 3 is 2.22 bits per heavy atom. The fourth-order valence-electron chi connectivity index (χ4n) is 6.02. The molecule has 1 heterocycles. The normalized spacial score (nSPS) is 19.4. The number of rotatable bonds is 11. The molecule has 4 rings (SSSR count). The minimum absolute atomic E-state index is 0.0850. The second-order valence-corrected chi connectivity index (χ2v) is 10.6. The fraction of sp³-hybridized carbons (Fsp3) is 0.548. The first-order valence-electron chi connectivity index (χ1n) is 14.1. The van der Waals surface area contributed by atoms with Crippen molar-refractivity contribution in [1.29, 1.82) is 0 Å². The quantitative estimate of drug-likeness (QED) is 0.334. The average Bonchev–Trinajstić information content (AvgIpc) is 3.01. The van der Waals surface area contributed by atoms with E-state index in [2.05, 4.69) is 24.1 Å². The molecular weight excluding hydrogens is 446 g/mol. The number of nitrogens with one attached hydrogen (secondary N) is 1. The molecule has 1 aliphatic heterocycles. The maximum Gasteiger partial charge on any atom is 0.257 e. The summed E-state index contributed by atoms with van der Waals surface area (Å²) in [6, 6.07) is 15.0. The smallest absolute Gasteiger partial charge is 0.257 e. The van der Waals surface area contributed by atoms with Crippen molar-refractivity contribution in [2.45, 2.75) is 78.1 Å². The van der Waals surface area contributed by atoms with Crippen LogP contribution in [0.5, 0.6) is 0 Å². The Morgan fingerprint density at radius 2 is 1.50 bits per heavy atom. The molecule has 2 aromatic carbocycles. The highest BCUT2D eigenvalue weighted by atomic mass is 16.2. The minimum atomic E-state index is -0.165. The summed E-state index contributed by atoms with van der Waals surface area (Å²) < 4.78 is 0. The molecule has 2 amide bonds. The highest BCUT2D eigenvalue weighted by molar-refractivity contribution is 6.17. The van der Waals surface area contributed by atoms with Crippen LogP contribution >= 0.6 is 0 Å². The van der Waals surface area contributed by atoms with Gasteiger partial charge in [-0.25, -0.2) is 0 Å². The van der Waals surface area contributed by atoms with Crippen molar-refractivity contribution in [1.82, 2.24) is 4.90 Å². The Balaban J connectivity index is 1.31. The van der Waals surface area contributed by atoms with Crippen molar-refractivity contribution in [2.24, 2.45) is 11.8 Å². The molecule has 5 heteroatoms. The minimum Gasteiger partial charge on any atom is -0.320 e. The second-order valence-electron chi connectivity index (χ2n) is 10.6. The van der Waals surface area contributed by atoms with E-state index in [-0.39, 0.29) is 11.8 Å². The molecule has 0 unspecified atom stereocenters. The molecule has 0 aromatic heterocycles. The maximum absolute atomic E-state index is 13.7. The largest absolute Gasteiger partial charge is 0.320 e. The Morgan fingerprint density at radius 1 is 0.861 bits per heavy atom. The van der Waals surface area contributed by atoms with E-state index >= 15 is 0 Å². The topological polar surface area (TPSA) is 52.7 Å². The van der Waals surface area contributed by atoms with E-state index in [1.807, 2.05) is 42.5 Å². The molecule has 0 atom stereocenters. The standard InChI is InChI=1S/C31H43N3O2/c1-3-20-33(21-4-2)22-10-9-11-24-16-18-25(19-17-24)23-30(35)34-28-14-7-5-12-26(28)31(36)32-27-13-6-8-15-29(27)34/h5-8,12-15,24-25H,3-4,9-11,16-23H2,1-2H3,(H,32,36). The molecule has 0 bridgehead atoms. The van der Waals surface area contributed by atoms with Crippen molar-refractivity contribution < 1.29 is 9.59 Å². The molecule has 0 radical (unpaired) electrons. The number of nitrogens with zero attached hydrogens (tertiary/aromatic N) is 2. The zero-order chi connectivity index (χ0) is 25.3. The number of carbonyl (C=O) groups excluding carboxylic acids is 2. The number of hydrogen-bond donors (Lipinski definition) is 1. The summed E-state index contributed by atoms with van der Waals surface area (Å²) in [6.45, 7) is 8.23. The lowest BCUT2D eigenvalue weighted by atomic mass is 9.78. The third kappa shape index (κ3) is 6.56. The molecule has 36 heavy (non-hydrogen) atoms. The van der Waals surface area contributed by atoms with Gasteiger partial charge in [-0.05, 0) is 87.8 Å². The van der Waals surface area contributed by atoms with E-state index < -0.39 is 0 Å². The first kappa shape index (κ1) is 26.4. The van der Waals surface area contributed by atoms with Crippen LogP contribution in [0.25, 0.3) is 0 Å². The molecule has 1 fully saturated rings. The Kier molecular flexibility index (Phi) is 9.57. The van der Waals surface area contributed by atoms with E-state index in [9.17, 15) is 9.59 Å². The van der Waals surface area contributed by atoms with Gasteiger partial charge in [0.2, 0.25) is 5.91 Å². The van der Waals surface area contributed by atoms with E-state index in [1.54, 1.807) is 11.0 Å². The van der Waals surface area contributed by atoms with E-state index in [1.165, 1.54) is 64.6 Å². The second kappa shape index (κ2) is 13.0. The van der Waals surface area contributed by atoms with Crippen molar-refractivity contribution in [2.75, 3.05) is 29.9 Å². The molecule has 194 valence electrons. The third-order valence-electron chi connectivity index (χ3n) is 7.88. The number of para-hydroxylation sites is 3. The van der Waals surface area contributed by atoms with Crippen LogP contribution in [0.4, 0.5) is 17.1 Å². The van der Waals surface area contributed by atoms with Gasteiger partial charge in [-0.3, -0.25) is 14.5 Å². The van der Waals surface area contributed by atoms with Gasteiger partial charge in [0.15, 0.2) is 0 Å². The van der Waals surface area contributed by atoms with Gasteiger partial charge >= 0.3 is 0 Å². The summed E-state index contributed by atoms with van der Waals surface area (Å²) in [5.41, 5.74) is 2.67. The van der Waals surface area contributed by atoms with Gasteiger partial charge in [0.1, 0.15) is 0 Å². The Bertz CT molecular complexity index is 1010. The zero-order valence-electron chi connectivity index (χ0n) is 22.2. The molecule has 0 spiro atoms. The van der Waals surface area contributed by atoms with Crippen LogP contribution < -0.4 is 10.2 Å². The average molecular weight is 490 g/mol. The van der Waals surface area contributed by atoms with Crippen molar-refractivity contribution in [3.05, 3.63) is 54.1 Å². The van der Waals surface area contributed by atoms with Crippen LogP contribution in [-0.4, -0.2) is 36.3 Å². The van der Waals surface area contributed by atoms with Crippen molar-refractivity contribution in [3.63, 3.8) is 0 Å². The van der Waals surface area contributed by atoms with Gasteiger partial charge in [-0.2, -0.15) is 0 Å². The first-order valence-corrected chi connectivity index (χ1v) is 14.1. The fourth-order valence-corrected chi connectivity index (χ4v) is 6.02. The van der Waals surface area contributed by atoms with Crippen LogP contribution in [0, 0.1) is 11.8 Å². The van der Waals surface area contributed by atoms with Crippen molar-refractivity contribution >= 4 is 28.9 Å². The lowest BCUT2D eigenvalue weighted by Crippen LogP contribution is -2.29. The number of fused-ring (bicyclic) bond motifs is 2. The number of carbonyl (C=O) groups is 2. The number of amides is 2. The predicted octanol–water partition coefficient (Wildman–Crippen LogP) is 7.41. The summed E-state index contributed by atoms with van der Waals surface area (Å²) in [4.78, 5) is 30.9. The molecule has 1 saturated carbocycles. The molecule has 2 aliphatic rings. The lowest BCUT2D eigenvalue weighted by molar-refractivity contribution is -0.119. The van der Waals surface area contributed by atoms with Gasteiger partial charge in [0.25, 0.3) is 5.91 Å². The lowest BCUT2D eigenvalue weighted by Gasteiger charge is -2.31. The van der Waals surface area contributed by atoms with Gasteiger partial charge in [0.05, 0.1) is 22.6 Å². The molecule has 1 N–H and O–H groups in total. The van der Waals surface area contributed by atoms with E-state index in [0.29, 0.717) is 29.3 Å².